The number of hydrogen-bond acceptors (Lipinski definition) is 4. The second-order valence-electron chi connectivity index (χ2n) is 4.92. The maximum Gasteiger partial charge on any atom is 0.326 e. The molecular weight excluding hydrogens is 270 g/mol. The molecular formula is C15H17N3O3. The third-order valence-electron chi connectivity index (χ3n) is 3.45. The van der Waals surface area contributed by atoms with Crippen LogP contribution in [0.1, 0.15) is 30.8 Å². The second kappa shape index (κ2) is 6.30. The summed E-state index contributed by atoms with van der Waals surface area (Å²) in [6, 6.07) is 6.25. The molecule has 110 valence electrons. The summed E-state index contributed by atoms with van der Waals surface area (Å²) in [7, 11) is 0. The van der Waals surface area contributed by atoms with Crippen molar-refractivity contribution in [1.29, 1.82) is 0 Å². The van der Waals surface area contributed by atoms with Crippen LogP contribution in [0.2, 0.25) is 0 Å². The fourth-order valence-electron chi connectivity index (χ4n) is 1.96. The van der Waals surface area contributed by atoms with E-state index in [0.717, 1.165) is 0 Å². The summed E-state index contributed by atoms with van der Waals surface area (Å²) in [5.74, 6) is -1.74. The zero-order valence-corrected chi connectivity index (χ0v) is 11.9. The van der Waals surface area contributed by atoms with E-state index < -0.39 is 17.9 Å². The highest BCUT2D eigenvalue weighted by molar-refractivity contribution is 5.96. The maximum absolute atomic E-state index is 12.1. The predicted molar refractivity (Wildman–Crippen MR) is 77.9 cm³/mol. The lowest BCUT2D eigenvalue weighted by Crippen LogP contribution is -2.45. The molecule has 0 saturated heterocycles. The van der Waals surface area contributed by atoms with Gasteiger partial charge < -0.3 is 10.4 Å². The number of para-hydroxylation sites is 2. The van der Waals surface area contributed by atoms with E-state index in [2.05, 4.69) is 15.3 Å². The number of carboxylic acids is 1. The average Bonchev–Trinajstić information content (AvgIpc) is 2.50. The lowest BCUT2D eigenvalue weighted by molar-refractivity contribution is -0.140. The number of nitrogens with zero attached hydrogens (tertiary/aromatic N) is 2. The summed E-state index contributed by atoms with van der Waals surface area (Å²) in [5, 5.41) is 11.7. The van der Waals surface area contributed by atoms with Crippen molar-refractivity contribution in [3.05, 3.63) is 36.2 Å². The summed E-state index contributed by atoms with van der Waals surface area (Å²) in [5.41, 5.74) is 1.40. The molecule has 2 aromatic rings. The van der Waals surface area contributed by atoms with Crippen LogP contribution in [-0.2, 0) is 4.79 Å². The number of carbonyl (C=O) groups excluding carboxylic acids is 1. The summed E-state index contributed by atoms with van der Waals surface area (Å²) in [4.78, 5) is 31.7. The van der Waals surface area contributed by atoms with Crippen molar-refractivity contribution < 1.29 is 14.7 Å². The van der Waals surface area contributed by atoms with Crippen molar-refractivity contribution in [2.24, 2.45) is 5.92 Å². The Morgan fingerprint density at radius 1 is 1.29 bits per heavy atom. The van der Waals surface area contributed by atoms with E-state index in [-0.39, 0.29) is 11.6 Å². The third kappa shape index (κ3) is 3.34. The Labute approximate surface area is 122 Å². The van der Waals surface area contributed by atoms with Gasteiger partial charge in [0.1, 0.15) is 11.7 Å². The smallest absolute Gasteiger partial charge is 0.326 e. The molecule has 1 aromatic heterocycles. The van der Waals surface area contributed by atoms with Crippen molar-refractivity contribution in [2.45, 2.75) is 26.3 Å². The quantitative estimate of drug-likeness (QED) is 0.875. The normalized spacial score (nSPS) is 13.6. The SMILES string of the molecule is CCC(C)C(NC(=O)c1cnc2ccccc2n1)C(=O)O. The van der Waals surface area contributed by atoms with Crippen LogP contribution in [0.3, 0.4) is 0 Å². The first-order chi connectivity index (χ1) is 10.0. The molecule has 6 heteroatoms. The second-order valence-corrected chi connectivity index (χ2v) is 4.92. The third-order valence-corrected chi connectivity index (χ3v) is 3.45. The minimum atomic E-state index is -1.05. The van der Waals surface area contributed by atoms with Gasteiger partial charge in [-0.05, 0) is 18.1 Å². The minimum absolute atomic E-state index is 0.114. The molecule has 6 nitrogen and oxygen atoms in total. The topological polar surface area (TPSA) is 92.2 Å². The van der Waals surface area contributed by atoms with E-state index in [9.17, 15) is 14.7 Å². The molecule has 2 unspecified atom stereocenters. The average molecular weight is 287 g/mol. The Morgan fingerprint density at radius 3 is 2.57 bits per heavy atom. The molecule has 0 spiro atoms. The van der Waals surface area contributed by atoms with Crippen LogP contribution in [0.4, 0.5) is 0 Å². The summed E-state index contributed by atoms with van der Waals surface area (Å²) in [6.07, 6.45) is 2.01. The van der Waals surface area contributed by atoms with Crippen LogP contribution in [-0.4, -0.2) is 33.0 Å². The van der Waals surface area contributed by atoms with Gasteiger partial charge in [-0.3, -0.25) is 9.78 Å². The Hall–Kier alpha value is -2.50. The molecule has 21 heavy (non-hydrogen) atoms. The number of fused-ring (bicyclic) bond motifs is 1. The van der Waals surface area contributed by atoms with Crippen LogP contribution < -0.4 is 5.32 Å². The number of aromatic nitrogens is 2. The Kier molecular flexibility index (Phi) is 4.47. The number of hydrogen-bond donors (Lipinski definition) is 2. The number of amides is 1. The molecule has 2 atom stereocenters. The first-order valence-corrected chi connectivity index (χ1v) is 6.78. The monoisotopic (exact) mass is 287 g/mol. The fraction of sp³-hybridized carbons (Fsp3) is 0.333. The minimum Gasteiger partial charge on any atom is -0.480 e. The Morgan fingerprint density at radius 2 is 1.95 bits per heavy atom. The number of aliphatic carboxylic acids is 1. The van der Waals surface area contributed by atoms with E-state index in [1.54, 1.807) is 25.1 Å². The number of carbonyl (C=O) groups is 2. The molecule has 0 fully saturated rings. The van der Waals surface area contributed by atoms with Crippen LogP contribution >= 0.6 is 0 Å². The largest absolute Gasteiger partial charge is 0.480 e. The Bertz CT molecular complexity index is 672. The molecule has 1 amide bonds. The summed E-state index contributed by atoms with van der Waals surface area (Å²) < 4.78 is 0. The standard InChI is InChI=1S/C15H17N3O3/c1-3-9(2)13(15(20)21)18-14(19)12-8-16-10-6-4-5-7-11(10)17-12/h4-9,13H,3H2,1-2H3,(H,18,19)(H,20,21). The molecule has 0 bridgehead atoms. The number of rotatable bonds is 5. The van der Waals surface area contributed by atoms with E-state index in [1.807, 2.05) is 13.0 Å². The summed E-state index contributed by atoms with van der Waals surface area (Å²) >= 11 is 0. The van der Waals surface area contributed by atoms with Crippen molar-refractivity contribution in [3.63, 3.8) is 0 Å². The lowest BCUT2D eigenvalue weighted by Gasteiger charge is -2.19. The van der Waals surface area contributed by atoms with Crippen LogP contribution in [0, 0.1) is 5.92 Å². The zero-order valence-electron chi connectivity index (χ0n) is 11.9. The van der Waals surface area contributed by atoms with E-state index >= 15 is 0 Å². The molecule has 0 aliphatic heterocycles. The molecule has 2 rings (SSSR count). The maximum atomic E-state index is 12.1. The first kappa shape index (κ1) is 14.9. The molecule has 0 saturated carbocycles. The first-order valence-electron chi connectivity index (χ1n) is 6.78. The molecule has 0 aliphatic carbocycles. The fourth-order valence-corrected chi connectivity index (χ4v) is 1.96. The van der Waals surface area contributed by atoms with Gasteiger partial charge in [-0.15, -0.1) is 0 Å². The van der Waals surface area contributed by atoms with Crippen LogP contribution in [0.5, 0.6) is 0 Å². The number of carboxylic acid groups (broad SMARTS) is 1. The number of benzene rings is 1. The Balaban J connectivity index is 2.23. The van der Waals surface area contributed by atoms with E-state index in [0.29, 0.717) is 17.5 Å². The van der Waals surface area contributed by atoms with Crippen molar-refractivity contribution in [3.8, 4) is 0 Å². The van der Waals surface area contributed by atoms with Crippen molar-refractivity contribution in [1.82, 2.24) is 15.3 Å². The zero-order chi connectivity index (χ0) is 15.4. The van der Waals surface area contributed by atoms with Gasteiger partial charge in [0.15, 0.2) is 0 Å². The summed E-state index contributed by atoms with van der Waals surface area (Å²) in [6.45, 7) is 3.66. The van der Waals surface area contributed by atoms with E-state index in [4.69, 9.17) is 0 Å². The van der Waals surface area contributed by atoms with Gasteiger partial charge in [-0.25, -0.2) is 9.78 Å². The van der Waals surface area contributed by atoms with Gasteiger partial charge in [-0.2, -0.15) is 0 Å². The van der Waals surface area contributed by atoms with Gasteiger partial charge in [-0.1, -0.05) is 32.4 Å². The highest BCUT2D eigenvalue weighted by Gasteiger charge is 2.26. The predicted octanol–water partition coefficient (Wildman–Crippen LogP) is 1.86. The van der Waals surface area contributed by atoms with Crippen LogP contribution in [0.25, 0.3) is 11.0 Å². The van der Waals surface area contributed by atoms with Crippen LogP contribution in [0.15, 0.2) is 30.5 Å². The van der Waals surface area contributed by atoms with Crippen molar-refractivity contribution in [2.75, 3.05) is 0 Å². The molecule has 2 N–H and O–H groups in total. The van der Waals surface area contributed by atoms with E-state index in [1.165, 1.54) is 6.20 Å². The molecule has 0 aliphatic rings. The highest BCUT2D eigenvalue weighted by atomic mass is 16.4. The van der Waals surface area contributed by atoms with Gasteiger partial charge in [0, 0.05) is 0 Å². The highest BCUT2D eigenvalue weighted by Crippen LogP contribution is 2.11. The van der Waals surface area contributed by atoms with Gasteiger partial charge in [0.05, 0.1) is 17.2 Å². The van der Waals surface area contributed by atoms with Gasteiger partial charge in [0.25, 0.3) is 5.91 Å². The number of nitrogens with one attached hydrogen (secondary N) is 1. The van der Waals surface area contributed by atoms with Gasteiger partial charge >= 0.3 is 5.97 Å². The molecule has 1 heterocycles. The van der Waals surface area contributed by atoms with Gasteiger partial charge in [0.2, 0.25) is 0 Å². The van der Waals surface area contributed by atoms with Crippen molar-refractivity contribution >= 4 is 22.9 Å². The molecule has 0 radical (unpaired) electrons. The molecule has 1 aromatic carbocycles. The lowest BCUT2D eigenvalue weighted by atomic mass is 9.99.